The van der Waals surface area contributed by atoms with E-state index < -0.39 is 21.7 Å². The fourth-order valence-corrected chi connectivity index (χ4v) is 2.48. The molecular weight excluding hydrogens is 412 g/mol. The Morgan fingerprint density at radius 2 is 1.92 bits per heavy atom. The lowest BCUT2D eigenvalue weighted by Crippen LogP contribution is -2.48. The SMILES string of the molecule is CSc1nc(C)cc(OC(NC(=O)c2ccc(F)cc2)C(Cl)(Cl)Cl)n1. The van der Waals surface area contributed by atoms with Gasteiger partial charge in [0.05, 0.1) is 0 Å². The number of carbonyl (C=O) groups is 1. The Bertz CT molecular complexity index is 757. The number of alkyl halides is 3. The zero-order valence-electron chi connectivity index (χ0n) is 13.1. The van der Waals surface area contributed by atoms with Gasteiger partial charge in [-0.05, 0) is 37.4 Å². The van der Waals surface area contributed by atoms with Crippen molar-refractivity contribution in [1.29, 1.82) is 0 Å². The lowest BCUT2D eigenvalue weighted by molar-refractivity contribution is 0.0824. The maximum absolute atomic E-state index is 13.0. The van der Waals surface area contributed by atoms with Crippen LogP contribution in [0.3, 0.4) is 0 Å². The molecule has 0 aliphatic rings. The van der Waals surface area contributed by atoms with Crippen LogP contribution in [0.1, 0.15) is 16.1 Å². The van der Waals surface area contributed by atoms with E-state index in [4.69, 9.17) is 39.5 Å². The Kier molecular flexibility index (Phi) is 6.73. The number of halogens is 4. The number of ether oxygens (including phenoxy) is 1. The molecule has 0 spiro atoms. The highest BCUT2D eigenvalue weighted by Crippen LogP contribution is 2.32. The summed E-state index contributed by atoms with van der Waals surface area (Å²) in [7, 11) is 0. The van der Waals surface area contributed by atoms with Crippen LogP contribution in [-0.4, -0.2) is 32.2 Å². The maximum atomic E-state index is 13.0. The van der Waals surface area contributed by atoms with Gasteiger partial charge in [0.15, 0.2) is 5.16 Å². The molecule has 0 radical (unpaired) electrons. The highest BCUT2D eigenvalue weighted by molar-refractivity contribution is 7.98. The Morgan fingerprint density at radius 1 is 1.28 bits per heavy atom. The molecule has 10 heteroatoms. The predicted octanol–water partition coefficient (Wildman–Crippen LogP) is 4.15. The molecule has 0 bridgehead atoms. The highest BCUT2D eigenvalue weighted by atomic mass is 35.6. The third-order valence-corrected chi connectivity index (χ3v) is 4.04. The Balaban J connectivity index is 2.21. The third-order valence-electron chi connectivity index (χ3n) is 2.90. The number of thioether (sulfide) groups is 1. The van der Waals surface area contributed by atoms with Gasteiger partial charge in [-0.3, -0.25) is 4.79 Å². The summed E-state index contributed by atoms with van der Waals surface area (Å²) in [5, 5.41) is 2.93. The second-order valence-electron chi connectivity index (χ2n) is 4.85. The summed E-state index contributed by atoms with van der Waals surface area (Å²) >= 11 is 19.0. The fourth-order valence-electron chi connectivity index (χ4n) is 1.77. The molecule has 134 valence electrons. The molecule has 1 aromatic heterocycles. The number of hydrogen-bond donors (Lipinski definition) is 1. The number of nitrogens with one attached hydrogen (secondary N) is 1. The van der Waals surface area contributed by atoms with Crippen LogP contribution >= 0.6 is 46.6 Å². The molecule has 1 amide bonds. The normalized spacial score (nSPS) is 12.6. The van der Waals surface area contributed by atoms with Crippen molar-refractivity contribution >= 4 is 52.5 Å². The standard InChI is InChI=1S/C15H13Cl3FN3O2S/c1-8-7-11(21-14(20-8)25-2)24-13(15(16,17)18)22-12(23)9-3-5-10(19)6-4-9/h3-7,13H,1-2H3,(H,22,23). The van der Waals surface area contributed by atoms with Crippen molar-refractivity contribution in [3.05, 3.63) is 47.4 Å². The van der Waals surface area contributed by atoms with E-state index in [1.165, 1.54) is 23.9 Å². The van der Waals surface area contributed by atoms with Crippen LogP contribution in [-0.2, 0) is 0 Å². The van der Waals surface area contributed by atoms with E-state index in [9.17, 15) is 9.18 Å². The molecule has 5 nitrogen and oxygen atoms in total. The quantitative estimate of drug-likeness (QED) is 0.338. The molecule has 0 aliphatic carbocycles. The van der Waals surface area contributed by atoms with Gasteiger partial charge >= 0.3 is 0 Å². The summed E-state index contributed by atoms with van der Waals surface area (Å²) in [5.41, 5.74) is 0.843. The summed E-state index contributed by atoms with van der Waals surface area (Å²) in [6.45, 7) is 1.76. The molecule has 0 saturated carbocycles. The van der Waals surface area contributed by atoms with Crippen LogP contribution in [0, 0.1) is 12.7 Å². The lowest BCUT2D eigenvalue weighted by atomic mass is 10.2. The topological polar surface area (TPSA) is 64.1 Å². The summed E-state index contributed by atoms with van der Waals surface area (Å²) in [5.74, 6) is -0.911. The van der Waals surface area contributed by atoms with Crippen LogP contribution in [0.5, 0.6) is 5.88 Å². The van der Waals surface area contributed by atoms with Gasteiger partial charge in [0.25, 0.3) is 5.91 Å². The molecule has 2 rings (SSSR count). The number of rotatable bonds is 5. The van der Waals surface area contributed by atoms with Crippen LogP contribution in [0.4, 0.5) is 4.39 Å². The largest absolute Gasteiger partial charge is 0.449 e. The second kappa shape index (κ2) is 8.40. The molecular formula is C15H13Cl3FN3O2S. The predicted molar refractivity (Wildman–Crippen MR) is 97.1 cm³/mol. The molecule has 1 unspecified atom stereocenters. The Hall–Kier alpha value is -1.28. The average molecular weight is 425 g/mol. The fraction of sp³-hybridized carbons (Fsp3) is 0.267. The van der Waals surface area contributed by atoms with E-state index in [1.54, 1.807) is 19.2 Å². The van der Waals surface area contributed by atoms with Gasteiger partial charge in [0.2, 0.25) is 15.9 Å². The number of aromatic nitrogens is 2. The van der Waals surface area contributed by atoms with Crippen LogP contribution < -0.4 is 10.1 Å². The van der Waals surface area contributed by atoms with Crippen molar-refractivity contribution in [3.8, 4) is 5.88 Å². The monoisotopic (exact) mass is 423 g/mol. The number of carbonyl (C=O) groups excluding carboxylic acids is 1. The first kappa shape index (κ1) is 20.0. The van der Waals surface area contributed by atoms with Gasteiger partial charge in [-0.25, -0.2) is 9.37 Å². The molecule has 1 heterocycles. The molecule has 1 N–H and O–H groups in total. The van der Waals surface area contributed by atoms with Crippen molar-refractivity contribution < 1.29 is 13.9 Å². The molecule has 0 saturated heterocycles. The van der Waals surface area contributed by atoms with Crippen LogP contribution in [0.15, 0.2) is 35.5 Å². The molecule has 1 aromatic carbocycles. The van der Waals surface area contributed by atoms with E-state index in [1.807, 2.05) is 0 Å². The number of nitrogens with zero attached hydrogens (tertiary/aromatic N) is 2. The van der Waals surface area contributed by atoms with E-state index in [0.717, 1.165) is 12.1 Å². The van der Waals surface area contributed by atoms with Crippen molar-refractivity contribution in [3.63, 3.8) is 0 Å². The van der Waals surface area contributed by atoms with Gasteiger partial charge in [-0.2, -0.15) is 4.98 Å². The zero-order valence-corrected chi connectivity index (χ0v) is 16.2. The minimum absolute atomic E-state index is 0.146. The molecule has 0 aliphatic heterocycles. The average Bonchev–Trinajstić information content (AvgIpc) is 2.53. The third kappa shape index (κ3) is 5.88. The molecule has 25 heavy (non-hydrogen) atoms. The molecule has 1 atom stereocenters. The number of aryl methyl sites for hydroxylation is 1. The van der Waals surface area contributed by atoms with E-state index in [2.05, 4.69) is 15.3 Å². The highest BCUT2D eigenvalue weighted by Gasteiger charge is 2.37. The van der Waals surface area contributed by atoms with E-state index >= 15 is 0 Å². The van der Waals surface area contributed by atoms with E-state index in [0.29, 0.717) is 10.9 Å². The molecule has 2 aromatic rings. The van der Waals surface area contributed by atoms with Gasteiger partial charge in [0.1, 0.15) is 5.82 Å². The first-order valence-corrected chi connectivity index (χ1v) is 9.24. The van der Waals surface area contributed by atoms with Gasteiger partial charge < -0.3 is 10.1 Å². The Labute approximate surface area is 163 Å². The van der Waals surface area contributed by atoms with Gasteiger partial charge in [0, 0.05) is 17.3 Å². The van der Waals surface area contributed by atoms with Crippen molar-refractivity contribution in [2.45, 2.75) is 22.1 Å². The lowest BCUT2D eigenvalue weighted by Gasteiger charge is -2.26. The smallest absolute Gasteiger partial charge is 0.254 e. The maximum Gasteiger partial charge on any atom is 0.254 e. The van der Waals surface area contributed by atoms with Gasteiger partial charge in [-0.1, -0.05) is 46.6 Å². The zero-order chi connectivity index (χ0) is 18.6. The minimum atomic E-state index is -1.96. The van der Waals surface area contributed by atoms with Crippen LogP contribution in [0.2, 0.25) is 0 Å². The van der Waals surface area contributed by atoms with Crippen molar-refractivity contribution in [2.24, 2.45) is 0 Å². The first-order chi connectivity index (χ1) is 11.7. The number of amides is 1. The Morgan fingerprint density at radius 3 is 2.48 bits per heavy atom. The van der Waals surface area contributed by atoms with E-state index in [-0.39, 0.29) is 11.4 Å². The number of benzene rings is 1. The summed E-state index contributed by atoms with van der Waals surface area (Å²) in [4.78, 5) is 20.6. The summed E-state index contributed by atoms with van der Waals surface area (Å²) in [6, 6.07) is 6.46. The van der Waals surface area contributed by atoms with Crippen molar-refractivity contribution in [2.75, 3.05) is 6.26 Å². The molecule has 0 fully saturated rings. The van der Waals surface area contributed by atoms with Crippen molar-refractivity contribution in [1.82, 2.24) is 15.3 Å². The first-order valence-electron chi connectivity index (χ1n) is 6.88. The van der Waals surface area contributed by atoms with Crippen LogP contribution in [0.25, 0.3) is 0 Å². The minimum Gasteiger partial charge on any atom is -0.449 e. The second-order valence-corrected chi connectivity index (χ2v) is 8.00. The van der Waals surface area contributed by atoms with Gasteiger partial charge in [-0.15, -0.1) is 0 Å². The summed E-state index contributed by atoms with van der Waals surface area (Å²) in [6.07, 6.45) is 0.487. The number of hydrogen-bond acceptors (Lipinski definition) is 5. The summed E-state index contributed by atoms with van der Waals surface area (Å²) < 4.78 is 16.6.